The van der Waals surface area contributed by atoms with Crippen LogP contribution in [0.4, 0.5) is 10.5 Å². The molecule has 2 atom stereocenters. The van der Waals surface area contributed by atoms with Crippen molar-refractivity contribution >= 4 is 52.3 Å². The third kappa shape index (κ3) is 7.88. The van der Waals surface area contributed by atoms with Crippen molar-refractivity contribution in [3.8, 4) is 23.0 Å². The van der Waals surface area contributed by atoms with Gasteiger partial charge in [-0.15, -0.1) is 11.3 Å². The Balaban J connectivity index is 1.25. The SMILES string of the molecule is COc1ccc(O)c(N(Cc2ccc(C(=O)O[C@@H](Cc3c(Cl)cncc3Cl)c3ccc(OC)c(OC)c3)s2)C(=O)O[C@H]2CN3CCC2CC3)c1. The minimum absolute atomic E-state index is 0.0277. The Morgan fingerprint density at radius 2 is 1.72 bits per heavy atom. The lowest BCUT2D eigenvalue weighted by Crippen LogP contribution is -2.53. The van der Waals surface area contributed by atoms with Gasteiger partial charge in [-0.05, 0) is 79.4 Å². The molecule has 3 aliphatic heterocycles. The number of phenolic OH excluding ortho intramolecular Hbond substituents is 1. The van der Waals surface area contributed by atoms with E-state index in [2.05, 4.69) is 9.88 Å². The number of aromatic nitrogens is 1. The lowest BCUT2D eigenvalue weighted by atomic mass is 9.86. The van der Waals surface area contributed by atoms with Crippen LogP contribution in [0.25, 0.3) is 0 Å². The van der Waals surface area contributed by atoms with E-state index < -0.39 is 18.2 Å². The molecule has 5 heterocycles. The Kier molecular flexibility index (Phi) is 11.2. The number of hydrogen-bond donors (Lipinski definition) is 1. The molecule has 4 aromatic rings. The zero-order valence-corrected chi connectivity index (χ0v) is 30.1. The van der Waals surface area contributed by atoms with E-state index in [4.69, 9.17) is 46.9 Å². The van der Waals surface area contributed by atoms with Gasteiger partial charge in [-0.3, -0.25) is 14.8 Å². The maximum Gasteiger partial charge on any atom is 0.415 e. The standard InChI is InChI=1S/C36H37Cl2N3O8S/c1-45-23-5-7-29(42)28(15-23)41(36(44)49-33-20-40-12-10-21(33)11-13-40)19-24-6-9-34(50-24)35(43)48-31(16-25-26(37)17-39-18-27(25)38)22-4-8-30(46-2)32(14-22)47-3/h4-9,14-15,17-18,21,31,33,42H,10-13,16,19-20H2,1-3H3/t31-,33-/m0/s1. The van der Waals surface area contributed by atoms with Crippen LogP contribution in [0.1, 0.15) is 44.6 Å². The van der Waals surface area contributed by atoms with Crippen molar-refractivity contribution < 1.29 is 38.4 Å². The third-order valence-electron chi connectivity index (χ3n) is 9.09. The number of esters is 1. The molecule has 7 rings (SSSR count). The Hall–Kier alpha value is -4.23. The van der Waals surface area contributed by atoms with Crippen LogP contribution in [-0.2, 0) is 22.4 Å². The number of thiophene rings is 1. The number of piperidine rings is 3. The molecule has 3 aliphatic rings. The lowest BCUT2D eigenvalue weighted by Gasteiger charge is -2.44. The van der Waals surface area contributed by atoms with Gasteiger partial charge in [-0.1, -0.05) is 29.3 Å². The topological polar surface area (TPSA) is 120 Å². The molecule has 14 heteroatoms. The fourth-order valence-corrected chi connectivity index (χ4v) is 7.75. The Morgan fingerprint density at radius 1 is 0.980 bits per heavy atom. The molecule has 0 aliphatic carbocycles. The molecule has 2 aromatic carbocycles. The van der Waals surface area contributed by atoms with E-state index in [-0.39, 0.29) is 30.5 Å². The number of pyridine rings is 1. The smallest absolute Gasteiger partial charge is 0.415 e. The number of aromatic hydroxyl groups is 1. The maximum atomic E-state index is 13.8. The van der Waals surface area contributed by atoms with E-state index in [9.17, 15) is 14.7 Å². The molecular weight excluding hydrogens is 705 g/mol. The summed E-state index contributed by atoms with van der Waals surface area (Å²) < 4.78 is 28.5. The number of carbonyl (C=O) groups is 2. The molecule has 0 radical (unpaired) electrons. The van der Waals surface area contributed by atoms with Gasteiger partial charge in [0.1, 0.15) is 28.6 Å². The predicted octanol–water partition coefficient (Wildman–Crippen LogP) is 7.56. The van der Waals surface area contributed by atoms with Gasteiger partial charge < -0.3 is 28.8 Å². The fraction of sp³-hybridized carbons (Fsp3) is 0.361. The first-order valence-corrected chi connectivity index (χ1v) is 17.6. The van der Waals surface area contributed by atoms with E-state index in [1.54, 1.807) is 42.5 Å². The number of amides is 1. The average Bonchev–Trinajstić information content (AvgIpc) is 3.61. The van der Waals surface area contributed by atoms with Crippen molar-refractivity contribution in [1.82, 2.24) is 9.88 Å². The van der Waals surface area contributed by atoms with Crippen molar-refractivity contribution in [2.24, 2.45) is 5.92 Å². The second kappa shape index (κ2) is 15.8. The maximum absolute atomic E-state index is 13.8. The number of nitrogens with zero attached hydrogens (tertiary/aromatic N) is 3. The molecule has 11 nitrogen and oxygen atoms in total. The summed E-state index contributed by atoms with van der Waals surface area (Å²) in [5, 5.41) is 11.5. The number of halogens is 2. The molecule has 0 unspecified atom stereocenters. The van der Waals surface area contributed by atoms with E-state index in [1.165, 1.54) is 56.0 Å². The molecule has 264 valence electrons. The summed E-state index contributed by atoms with van der Waals surface area (Å²) >= 11 is 14.1. The Labute approximate surface area is 304 Å². The molecule has 1 N–H and O–H groups in total. The quantitative estimate of drug-likeness (QED) is 0.146. The molecule has 2 aromatic heterocycles. The summed E-state index contributed by atoms with van der Waals surface area (Å²) in [6.07, 6.45) is 3.42. The first kappa shape index (κ1) is 35.6. The summed E-state index contributed by atoms with van der Waals surface area (Å²) in [4.78, 5) is 36.2. The molecule has 2 bridgehead atoms. The van der Waals surface area contributed by atoms with Crippen LogP contribution in [0.15, 0.2) is 60.9 Å². The Morgan fingerprint density at radius 3 is 2.38 bits per heavy atom. The second-order valence-corrected chi connectivity index (χ2v) is 14.0. The molecule has 3 saturated heterocycles. The van der Waals surface area contributed by atoms with Crippen molar-refractivity contribution in [3.63, 3.8) is 0 Å². The monoisotopic (exact) mass is 741 g/mol. The number of methoxy groups -OCH3 is 3. The van der Waals surface area contributed by atoms with Crippen molar-refractivity contribution in [3.05, 3.63) is 91.9 Å². The number of benzene rings is 2. The van der Waals surface area contributed by atoms with Crippen molar-refractivity contribution in [2.75, 3.05) is 45.9 Å². The summed E-state index contributed by atoms with van der Waals surface area (Å²) in [5.74, 6) is 1.03. The van der Waals surface area contributed by atoms with E-state index in [1.807, 2.05) is 0 Å². The summed E-state index contributed by atoms with van der Waals surface area (Å²) in [6, 6.07) is 13.3. The molecule has 3 fully saturated rings. The van der Waals surface area contributed by atoms with Crippen LogP contribution in [0, 0.1) is 5.92 Å². The first-order valence-electron chi connectivity index (χ1n) is 16.0. The Bertz CT molecular complexity index is 1830. The normalized spacial score (nSPS) is 18.6. The third-order valence-corrected chi connectivity index (χ3v) is 10.8. The molecule has 50 heavy (non-hydrogen) atoms. The molecular formula is C36H37Cl2N3O8S. The number of rotatable bonds is 12. The van der Waals surface area contributed by atoms with Crippen LogP contribution in [0.2, 0.25) is 10.0 Å². The average molecular weight is 743 g/mol. The number of hydrogen-bond acceptors (Lipinski definition) is 11. The summed E-state index contributed by atoms with van der Waals surface area (Å²) in [7, 11) is 4.57. The highest BCUT2D eigenvalue weighted by Crippen LogP contribution is 2.38. The van der Waals surface area contributed by atoms with Crippen LogP contribution in [0.5, 0.6) is 23.0 Å². The predicted molar refractivity (Wildman–Crippen MR) is 190 cm³/mol. The van der Waals surface area contributed by atoms with Gasteiger partial charge in [-0.25, -0.2) is 9.59 Å². The van der Waals surface area contributed by atoms with E-state index >= 15 is 0 Å². The van der Waals surface area contributed by atoms with Gasteiger partial charge in [0.05, 0.1) is 43.6 Å². The van der Waals surface area contributed by atoms with Crippen LogP contribution >= 0.6 is 34.5 Å². The highest BCUT2D eigenvalue weighted by molar-refractivity contribution is 7.14. The number of anilines is 1. The molecule has 0 saturated carbocycles. The highest BCUT2D eigenvalue weighted by Gasteiger charge is 2.38. The zero-order chi connectivity index (χ0) is 35.4. The van der Waals surface area contributed by atoms with Gasteiger partial charge >= 0.3 is 12.1 Å². The van der Waals surface area contributed by atoms with E-state index in [0.717, 1.165) is 25.9 Å². The van der Waals surface area contributed by atoms with Crippen molar-refractivity contribution in [1.29, 1.82) is 0 Å². The van der Waals surface area contributed by atoms with Crippen molar-refractivity contribution in [2.45, 2.75) is 38.0 Å². The van der Waals surface area contributed by atoms with Gasteiger partial charge in [-0.2, -0.15) is 0 Å². The zero-order valence-electron chi connectivity index (χ0n) is 27.8. The summed E-state index contributed by atoms with van der Waals surface area (Å²) in [5.41, 5.74) is 1.43. The first-order chi connectivity index (χ1) is 24.2. The number of phenols is 1. The minimum atomic E-state index is -0.813. The van der Waals surface area contributed by atoms with Gasteiger partial charge in [0.2, 0.25) is 0 Å². The minimum Gasteiger partial charge on any atom is -0.506 e. The van der Waals surface area contributed by atoms with Crippen LogP contribution in [0.3, 0.4) is 0 Å². The lowest BCUT2D eigenvalue weighted by molar-refractivity contribution is -0.0311. The van der Waals surface area contributed by atoms with Crippen LogP contribution in [-0.4, -0.2) is 74.1 Å². The highest BCUT2D eigenvalue weighted by atomic mass is 35.5. The van der Waals surface area contributed by atoms with Gasteiger partial charge in [0.25, 0.3) is 0 Å². The molecule has 0 spiro atoms. The summed E-state index contributed by atoms with van der Waals surface area (Å²) in [6.45, 7) is 2.71. The number of ether oxygens (including phenoxy) is 5. The fourth-order valence-electron chi connectivity index (χ4n) is 6.35. The molecule has 1 amide bonds. The van der Waals surface area contributed by atoms with E-state index in [0.29, 0.717) is 60.6 Å². The largest absolute Gasteiger partial charge is 0.506 e. The number of fused-ring (bicyclic) bond motifs is 3. The van der Waals surface area contributed by atoms with Gasteiger partial charge in [0, 0.05) is 36.3 Å². The second-order valence-electron chi connectivity index (χ2n) is 12.1. The van der Waals surface area contributed by atoms with Crippen LogP contribution < -0.4 is 19.1 Å². The van der Waals surface area contributed by atoms with Gasteiger partial charge in [0.15, 0.2) is 11.5 Å². The number of carbonyl (C=O) groups excluding carboxylic acids is 2.